The lowest BCUT2D eigenvalue weighted by molar-refractivity contribution is 0.0696. The summed E-state index contributed by atoms with van der Waals surface area (Å²) in [5.41, 5.74) is -0.928. The van der Waals surface area contributed by atoms with Crippen LogP contribution in [0.4, 0.5) is 0 Å². The van der Waals surface area contributed by atoms with Gasteiger partial charge in [-0.1, -0.05) is 0 Å². The maximum absolute atomic E-state index is 11.4. The van der Waals surface area contributed by atoms with Crippen LogP contribution in [0.3, 0.4) is 0 Å². The number of hydrogen-bond donors (Lipinski definition) is 1. The van der Waals surface area contributed by atoms with Gasteiger partial charge in [-0.15, -0.1) is 0 Å². The summed E-state index contributed by atoms with van der Waals surface area (Å²) in [6.07, 6.45) is 0.862. The maximum atomic E-state index is 11.4. The third kappa shape index (κ3) is 2.41. The molecule has 0 aromatic heterocycles. The van der Waals surface area contributed by atoms with Crippen LogP contribution in [0.5, 0.6) is 0 Å². The standard InChI is InChI=1S/C10H6N2O4S/c1-17(15,16)9-3-8(10(13)14)6(4-11)2-7(9)5-12/h2-3H,1H3,(H,13,14). The van der Waals surface area contributed by atoms with E-state index < -0.39 is 26.3 Å². The Kier molecular flexibility index (Phi) is 3.16. The number of rotatable bonds is 2. The van der Waals surface area contributed by atoms with E-state index in [1.807, 2.05) is 0 Å². The van der Waals surface area contributed by atoms with Crippen molar-refractivity contribution in [3.63, 3.8) is 0 Å². The molecule has 0 spiro atoms. The van der Waals surface area contributed by atoms with E-state index in [-0.39, 0.29) is 11.1 Å². The first-order chi connectivity index (χ1) is 7.81. The molecule has 0 aliphatic carbocycles. The lowest BCUT2D eigenvalue weighted by atomic mass is 10.1. The summed E-state index contributed by atoms with van der Waals surface area (Å²) in [6, 6.07) is 5.01. The average molecular weight is 250 g/mol. The monoisotopic (exact) mass is 250 g/mol. The molecule has 17 heavy (non-hydrogen) atoms. The van der Waals surface area contributed by atoms with Crippen molar-refractivity contribution in [2.75, 3.05) is 6.26 Å². The fraction of sp³-hybridized carbons (Fsp3) is 0.100. The lowest BCUT2D eigenvalue weighted by Gasteiger charge is -2.04. The Labute approximate surface area is 97.3 Å². The predicted molar refractivity (Wildman–Crippen MR) is 55.9 cm³/mol. The molecule has 0 atom stereocenters. The van der Waals surface area contributed by atoms with Crippen LogP contribution in [-0.2, 0) is 9.84 Å². The van der Waals surface area contributed by atoms with Gasteiger partial charge in [0, 0.05) is 6.26 Å². The van der Waals surface area contributed by atoms with E-state index in [9.17, 15) is 13.2 Å². The molecule has 0 amide bonds. The second-order valence-electron chi connectivity index (χ2n) is 3.19. The van der Waals surface area contributed by atoms with Crippen molar-refractivity contribution in [1.29, 1.82) is 10.5 Å². The Balaban J connectivity index is 3.78. The summed E-state index contributed by atoms with van der Waals surface area (Å²) in [5.74, 6) is -1.42. The SMILES string of the molecule is CS(=O)(=O)c1cc(C(=O)O)c(C#N)cc1C#N. The molecule has 0 bridgehead atoms. The van der Waals surface area contributed by atoms with Gasteiger partial charge in [-0.05, 0) is 12.1 Å². The Bertz CT molecular complexity index is 677. The van der Waals surface area contributed by atoms with E-state index in [0.717, 1.165) is 18.4 Å². The molecule has 1 N–H and O–H groups in total. The maximum Gasteiger partial charge on any atom is 0.337 e. The minimum absolute atomic E-state index is 0.242. The highest BCUT2D eigenvalue weighted by Gasteiger charge is 2.20. The van der Waals surface area contributed by atoms with Crippen molar-refractivity contribution in [1.82, 2.24) is 0 Å². The molecule has 1 aromatic rings. The fourth-order valence-corrected chi connectivity index (χ4v) is 2.08. The first kappa shape index (κ1) is 12.7. The third-order valence-electron chi connectivity index (χ3n) is 1.99. The minimum atomic E-state index is -3.72. The van der Waals surface area contributed by atoms with E-state index in [2.05, 4.69) is 0 Å². The van der Waals surface area contributed by atoms with Gasteiger partial charge < -0.3 is 5.11 Å². The zero-order chi connectivity index (χ0) is 13.2. The lowest BCUT2D eigenvalue weighted by Crippen LogP contribution is -2.07. The number of aromatic carboxylic acids is 1. The number of carboxylic acids is 1. The first-order valence-corrected chi connectivity index (χ1v) is 6.12. The van der Waals surface area contributed by atoms with Crippen LogP contribution >= 0.6 is 0 Å². The second-order valence-corrected chi connectivity index (χ2v) is 5.18. The number of sulfone groups is 1. The fourth-order valence-electron chi connectivity index (χ4n) is 1.24. The van der Waals surface area contributed by atoms with Crippen molar-refractivity contribution in [3.05, 3.63) is 28.8 Å². The van der Waals surface area contributed by atoms with Gasteiger partial charge in [-0.25, -0.2) is 13.2 Å². The Morgan fingerprint density at radius 1 is 1.24 bits per heavy atom. The molecule has 0 aliphatic heterocycles. The van der Waals surface area contributed by atoms with E-state index in [0.29, 0.717) is 0 Å². The van der Waals surface area contributed by atoms with Crippen LogP contribution in [0.15, 0.2) is 17.0 Å². The van der Waals surface area contributed by atoms with Gasteiger partial charge in [-0.3, -0.25) is 0 Å². The van der Waals surface area contributed by atoms with Gasteiger partial charge in [0.2, 0.25) is 0 Å². The van der Waals surface area contributed by atoms with Crippen LogP contribution in [0.25, 0.3) is 0 Å². The van der Waals surface area contributed by atoms with Crippen LogP contribution in [0.2, 0.25) is 0 Å². The number of carboxylic acid groups (broad SMARTS) is 1. The minimum Gasteiger partial charge on any atom is -0.478 e. The summed E-state index contributed by atoms with van der Waals surface area (Å²) in [7, 11) is -3.72. The van der Waals surface area contributed by atoms with Crippen LogP contribution in [-0.4, -0.2) is 25.7 Å². The van der Waals surface area contributed by atoms with E-state index in [1.54, 1.807) is 12.1 Å². The van der Waals surface area contributed by atoms with Crippen molar-refractivity contribution in [2.24, 2.45) is 0 Å². The van der Waals surface area contributed by atoms with Crippen LogP contribution in [0.1, 0.15) is 21.5 Å². The van der Waals surface area contributed by atoms with Gasteiger partial charge >= 0.3 is 5.97 Å². The third-order valence-corrected chi connectivity index (χ3v) is 3.13. The zero-order valence-electron chi connectivity index (χ0n) is 8.63. The Morgan fingerprint density at radius 3 is 2.12 bits per heavy atom. The topological polar surface area (TPSA) is 119 Å². The zero-order valence-corrected chi connectivity index (χ0v) is 9.45. The molecule has 6 nitrogen and oxygen atoms in total. The van der Waals surface area contributed by atoms with Gasteiger partial charge in [0.15, 0.2) is 9.84 Å². The molecular formula is C10H6N2O4S. The van der Waals surface area contributed by atoms with Gasteiger partial charge in [0.1, 0.15) is 12.1 Å². The highest BCUT2D eigenvalue weighted by Crippen LogP contribution is 2.20. The molecule has 1 rings (SSSR count). The molecular weight excluding hydrogens is 244 g/mol. The molecule has 0 unspecified atom stereocenters. The largest absolute Gasteiger partial charge is 0.478 e. The molecule has 0 aliphatic rings. The van der Waals surface area contributed by atoms with Gasteiger partial charge in [0.05, 0.1) is 21.6 Å². The number of hydrogen-bond acceptors (Lipinski definition) is 5. The molecule has 0 heterocycles. The Hall–Kier alpha value is -2.38. The van der Waals surface area contributed by atoms with Crippen molar-refractivity contribution < 1.29 is 18.3 Å². The van der Waals surface area contributed by atoms with Gasteiger partial charge in [-0.2, -0.15) is 10.5 Å². The van der Waals surface area contributed by atoms with E-state index >= 15 is 0 Å². The number of nitriles is 2. The van der Waals surface area contributed by atoms with Gasteiger partial charge in [0.25, 0.3) is 0 Å². The summed E-state index contributed by atoms with van der Waals surface area (Å²) in [5, 5.41) is 26.3. The van der Waals surface area contributed by atoms with E-state index in [4.69, 9.17) is 15.6 Å². The van der Waals surface area contributed by atoms with Crippen LogP contribution in [0, 0.1) is 22.7 Å². The first-order valence-electron chi connectivity index (χ1n) is 4.23. The molecule has 0 radical (unpaired) electrons. The van der Waals surface area contributed by atoms with Crippen molar-refractivity contribution in [3.8, 4) is 12.1 Å². The Morgan fingerprint density at radius 2 is 1.76 bits per heavy atom. The molecule has 0 saturated heterocycles. The highest BCUT2D eigenvalue weighted by molar-refractivity contribution is 7.90. The molecule has 86 valence electrons. The summed E-state index contributed by atoms with van der Waals surface area (Å²) in [4.78, 5) is 10.4. The van der Waals surface area contributed by atoms with Crippen molar-refractivity contribution in [2.45, 2.75) is 4.90 Å². The smallest absolute Gasteiger partial charge is 0.337 e. The molecule has 7 heteroatoms. The normalized spacial score (nSPS) is 10.3. The molecule has 0 fully saturated rings. The number of benzene rings is 1. The number of nitrogens with zero attached hydrogens (tertiary/aromatic N) is 2. The summed E-state index contributed by atoms with van der Waals surface area (Å²) in [6.45, 7) is 0. The average Bonchev–Trinajstić information content (AvgIpc) is 2.25. The second kappa shape index (κ2) is 4.24. The molecule has 0 saturated carbocycles. The predicted octanol–water partition coefficient (Wildman–Crippen LogP) is 0.532. The quantitative estimate of drug-likeness (QED) is 0.817. The summed E-state index contributed by atoms with van der Waals surface area (Å²) < 4.78 is 22.7. The van der Waals surface area contributed by atoms with Crippen LogP contribution < -0.4 is 0 Å². The van der Waals surface area contributed by atoms with Crippen molar-refractivity contribution >= 4 is 15.8 Å². The van der Waals surface area contributed by atoms with E-state index in [1.165, 1.54) is 0 Å². The molecule has 1 aromatic carbocycles. The summed E-state index contributed by atoms with van der Waals surface area (Å²) >= 11 is 0. The number of carbonyl (C=O) groups is 1. The highest BCUT2D eigenvalue weighted by atomic mass is 32.2.